The minimum absolute atomic E-state index is 0.107. The zero-order chi connectivity index (χ0) is 23.2. The molecule has 2 aromatic carbocycles. The molecule has 0 bridgehead atoms. The van der Waals surface area contributed by atoms with Crippen LogP contribution < -0.4 is 5.32 Å². The highest BCUT2D eigenvalue weighted by atomic mass is 32.1. The number of carbonyl (C=O) groups is 2. The summed E-state index contributed by atoms with van der Waals surface area (Å²) in [6.45, 7) is 0. The van der Waals surface area contributed by atoms with Crippen LogP contribution >= 0.6 is 11.3 Å². The molecular formula is C25H22N6O2S. The van der Waals surface area contributed by atoms with Crippen LogP contribution in [0.4, 0.5) is 0 Å². The number of imidazole rings is 1. The van der Waals surface area contributed by atoms with E-state index in [0.29, 0.717) is 30.0 Å². The van der Waals surface area contributed by atoms with E-state index in [4.69, 9.17) is 4.98 Å². The number of aryl methyl sites for hydroxylation is 1. The van der Waals surface area contributed by atoms with Crippen molar-refractivity contribution in [3.8, 4) is 11.3 Å². The zero-order valence-electron chi connectivity index (χ0n) is 18.6. The first-order valence-corrected chi connectivity index (χ1v) is 12.1. The van der Waals surface area contributed by atoms with Crippen molar-refractivity contribution in [3.63, 3.8) is 0 Å². The van der Waals surface area contributed by atoms with Gasteiger partial charge < -0.3 is 9.88 Å². The highest BCUT2D eigenvalue weighted by Crippen LogP contribution is 2.35. The Labute approximate surface area is 199 Å². The molecule has 0 saturated heterocycles. The first-order valence-electron chi connectivity index (χ1n) is 11.3. The predicted molar refractivity (Wildman–Crippen MR) is 130 cm³/mol. The number of amides is 1. The SMILES string of the molecule is CNC(=O)c1ccc(-c2cn3c(n2)sc2cc(C(=O)CCc4nncn4C4CC4)ccc23)cc1. The van der Waals surface area contributed by atoms with E-state index in [1.165, 1.54) is 12.8 Å². The lowest BCUT2D eigenvalue weighted by atomic mass is 10.1. The van der Waals surface area contributed by atoms with Crippen molar-refractivity contribution in [2.75, 3.05) is 7.05 Å². The minimum Gasteiger partial charge on any atom is -0.355 e. The normalized spacial score (nSPS) is 13.6. The van der Waals surface area contributed by atoms with Gasteiger partial charge in [0.25, 0.3) is 5.91 Å². The van der Waals surface area contributed by atoms with Crippen molar-refractivity contribution >= 4 is 38.2 Å². The fourth-order valence-electron chi connectivity index (χ4n) is 4.22. The minimum atomic E-state index is -0.112. The monoisotopic (exact) mass is 470 g/mol. The molecule has 170 valence electrons. The van der Waals surface area contributed by atoms with Crippen molar-refractivity contribution in [1.82, 2.24) is 29.5 Å². The Balaban J connectivity index is 1.22. The van der Waals surface area contributed by atoms with E-state index in [0.717, 1.165) is 32.3 Å². The molecule has 0 atom stereocenters. The first kappa shape index (κ1) is 20.7. The third kappa shape index (κ3) is 3.67. The number of thiazole rings is 1. The van der Waals surface area contributed by atoms with Gasteiger partial charge in [-0.25, -0.2) is 4.98 Å². The van der Waals surface area contributed by atoms with E-state index < -0.39 is 0 Å². The molecule has 1 N–H and O–H groups in total. The number of nitrogens with zero attached hydrogens (tertiary/aromatic N) is 5. The summed E-state index contributed by atoms with van der Waals surface area (Å²) in [6.07, 6.45) is 7.11. The molecule has 1 fully saturated rings. The van der Waals surface area contributed by atoms with E-state index in [9.17, 15) is 9.59 Å². The third-order valence-corrected chi connectivity index (χ3v) is 7.27. The fourth-order valence-corrected chi connectivity index (χ4v) is 5.27. The molecule has 3 aromatic heterocycles. The van der Waals surface area contributed by atoms with Gasteiger partial charge in [-0.2, -0.15) is 0 Å². The smallest absolute Gasteiger partial charge is 0.251 e. The summed E-state index contributed by atoms with van der Waals surface area (Å²) in [5.74, 6) is 0.885. The van der Waals surface area contributed by atoms with Crippen LogP contribution in [0, 0.1) is 0 Å². The van der Waals surface area contributed by atoms with Gasteiger partial charge in [-0.05, 0) is 43.2 Å². The summed E-state index contributed by atoms with van der Waals surface area (Å²) in [5, 5.41) is 10.8. The molecule has 1 saturated carbocycles. The van der Waals surface area contributed by atoms with Gasteiger partial charge in [-0.15, -0.1) is 10.2 Å². The van der Waals surface area contributed by atoms with Gasteiger partial charge in [-0.3, -0.25) is 14.0 Å². The van der Waals surface area contributed by atoms with E-state index in [-0.39, 0.29) is 11.7 Å². The van der Waals surface area contributed by atoms with Crippen molar-refractivity contribution in [2.24, 2.45) is 0 Å². The number of carbonyl (C=O) groups excluding carboxylic acids is 2. The Morgan fingerprint density at radius 2 is 1.91 bits per heavy atom. The largest absolute Gasteiger partial charge is 0.355 e. The van der Waals surface area contributed by atoms with Crippen molar-refractivity contribution in [1.29, 1.82) is 0 Å². The molecule has 0 unspecified atom stereocenters. The average Bonchev–Trinajstić information content (AvgIpc) is 3.30. The van der Waals surface area contributed by atoms with Crippen LogP contribution in [0.3, 0.4) is 0 Å². The van der Waals surface area contributed by atoms with Crippen molar-refractivity contribution in [3.05, 3.63) is 71.9 Å². The molecular weight excluding hydrogens is 448 g/mol. The quantitative estimate of drug-likeness (QED) is 0.358. The Morgan fingerprint density at radius 3 is 2.68 bits per heavy atom. The number of rotatable bonds is 7. The number of benzene rings is 2. The number of aromatic nitrogens is 5. The summed E-state index contributed by atoms with van der Waals surface area (Å²) < 4.78 is 5.18. The Morgan fingerprint density at radius 1 is 1.12 bits per heavy atom. The summed E-state index contributed by atoms with van der Waals surface area (Å²) in [5.41, 5.74) is 4.13. The third-order valence-electron chi connectivity index (χ3n) is 6.25. The Kier molecular flexibility index (Phi) is 4.99. The Bertz CT molecular complexity index is 1540. The maximum atomic E-state index is 12.9. The molecule has 0 aliphatic heterocycles. The summed E-state index contributed by atoms with van der Waals surface area (Å²) in [6, 6.07) is 13.7. The van der Waals surface area contributed by atoms with Gasteiger partial charge in [0.05, 0.1) is 15.9 Å². The van der Waals surface area contributed by atoms with Crippen molar-refractivity contribution < 1.29 is 9.59 Å². The molecule has 6 rings (SSSR count). The lowest BCUT2D eigenvalue weighted by Crippen LogP contribution is -2.17. The van der Waals surface area contributed by atoms with E-state index >= 15 is 0 Å². The Hall–Kier alpha value is -3.85. The van der Waals surface area contributed by atoms with E-state index in [1.807, 2.05) is 40.9 Å². The number of hydrogen-bond donors (Lipinski definition) is 1. The molecule has 0 spiro atoms. The number of nitrogens with one attached hydrogen (secondary N) is 1. The van der Waals surface area contributed by atoms with E-state index in [2.05, 4.69) is 20.1 Å². The molecule has 1 aliphatic rings. The van der Waals surface area contributed by atoms with Gasteiger partial charge in [-0.1, -0.05) is 23.5 Å². The summed E-state index contributed by atoms with van der Waals surface area (Å²) in [4.78, 5) is 30.3. The fraction of sp³-hybridized carbons (Fsp3) is 0.240. The maximum Gasteiger partial charge on any atom is 0.251 e. The highest BCUT2D eigenvalue weighted by Gasteiger charge is 2.26. The average molecular weight is 471 g/mol. The lowest BCUT2D eigenvalue weighted by molar-refractivity contribution is 0.0960. The number of ketones is 1. The molecule has 8 nitrogen and oxygen atoms in total. The topological polar surface area (TPSA) is 94.2 Å². The van der Waals surface area contributed by atoms with Crippen LogP contribution in [0.2, 0.25) is 0 Å². The van der Waals surface area contributed by atoms with Crippen LogP contribution in [0.1, 0.15) is 51.8 Å². The maximum absolute atomic E-state index is 12.9. The molecule has 0 radical (unpaired) electrons. The number of fused-ring (bicyclic) bond motifs is 3. The van der Waals surface area contributed by atoms with Gasteiger partial charge >= 0.3 is 0 Å². The number of hydrogen-bond acceptors (Lipinski definition) is 6. The molecule has 9 heteroatoms. The van der Waals surface area contributed by atoms with Gasteiger partial charge in [0.2, 0.25) is 0 Å². The second kappa shape index (κ2) is 8.18. The molecule has 1 amide bonds. The van der Waals surface area contributed by atoms with Crippen LogP contribution in [-0.4, -0.2) is 42.9 Å². The standard InChI is InChI=1S/C25H22N6O2S/c1-26-24(33)16-4-2-15(3-5-16)19-13-30-20-9-6-17(12-22(20)34-25(30)28-19)21(32)10-11-23-29-27-14-31(23)18-7-8-18/h2-6,9,12-14,18H,7-8,10-11H2,1H3,(H,26,33). The predicted octanol–water partition coefficient (Wildman–Crippen LogP) is 4.32. The second-order valence-electron chi connectivity index (χ2n) is 8.53. The molecule has 5 aromatic rings. The lowest BCUT2D eigenvalue weighted by Gasteiger charge is -2.04. The second-order valence-corrected chi connectivity index (χ2v) is 9.54. The first-order chi connectivity index (χ1) is 16.6. The zero-order valence-corrected chi connectivity index (χ0v) is 19.4. The van der Waals surface area contributed by atoms with Crippen LogP contribution in [0.25, 0.3) is 26.4 Å². The highest BCUT2D eigenvalue weighted by molar-refractivity contribution is 7.23. The van der Waals surface area contributed by atoms with Crippen molar-refractivity contribution in [2.45, 2.75) is 31.7 Å². The van der Waals surface area contributed by atoms with Crippen LogP contribution in [0.5, 0.6) is 0 Å². The molecule has 34 heavy (non-hydrogen) atoms. The molecule has 3 heterocycles. The van der Waals surface area contributed by atoms with Gasteiger partial charge in [0.1, 0.15) is 12.2 Å². The van der Waals surface area contributed by atoms with Gasteiger partial charge in [0, 0.05) is 48.8 Å². The number of Topliss-reactive ketones (excluding diaryl/α,β-unsaturated/α-hetero) is 1. The van der Waals surface area contributed by atoms with Gasteiger partial charge in [0.15, 0.2) is 10.7 Å². The summed E-state index contributed by atoms with van der Waals surface area (Å²) in [7, 11) is 1.62. The van der Waals surface area contributed by atoms with Crippen LogP contribution in [0.15, 0.2) is 55.0 Å². The van der Waals surface area contributed by atoms with Crippen LogP contribution in [-0.2, 0) is 6.42 Å². The molecule has 1 aliphatic carbocycles. The summed E-state index contributed by atoms with van der Waals surface area (Å²) >= 11 is 1.56. The van der Waals surface area contributed by atoms with E-state index in [1.54, 1.807) is 36.8 Å².